The highest BCUT2D eigenvalue weighted by molar-refractivity contribution is 5.95. The number of rotatable bonds is 5. The highest BCUT2D eigenvalue weighted by Gasteiger charge is 2.23. The Morgan fingerprint density at radius 3 is 3.08 bits per heavy atom. The van der Waals surface area contributed by atoms with E-state index >= 15 is 0 Å². The smallest absolute Gasteiger partial charge is 0.251 e. The first-order valence-corrected chi connectivity index (χ1v) is 9.17. The number of hydrogen-bond acceptors (Lipinski definition) is 3. The lowest BCUT2D eigenvalue weighted by molar-refractivity contribution is 0.0946. The van der Waals surface area contributed by atoms with Gasteiger partial charge in [0.15, 0.2) is 0 Å². The summed E-state index contributed by atoms with van der Waals surface area (Å²) in [5, 5.41) is 4.35. The van der Waals surface area contributed by atoms with Gasteiger partial charge in [0.25, 0.3) is 5.91 Å². The first kappa shape index (κ1) is 16.8. The molecule has 26 heavy (non-hydrogen) atoms. The summed E-state index contributed by atoms with van der Waals surface area (Å²) in [5.41, 5.74) is 4.08. The van der Waals surface area contributed by atoms with Crippen molar-refractivity contribution in [3.63, 3.8) is 0 Å². The second kappa shape index (κ2) is 7.30. The summed E-state index contributed by atoms with van der Waals surface area (Å²) in [7, 11) is 0. The van der Waals surface area contributed by atoms with E-state index in [1.807, 2.05) is 6.92 Å². The molecular formula is C21H24N4O. The van der Waals surface area contributed by atoms with Crippen molar-refractivity contribution in [2.75, 3.05) is 19.6 Å². The first-order chi connectivity index (χ1) is 12.7. The Bertz CT molecular complexity index is 884. The van der Waals surface area contributed by atoms with Gasteiger partial charge in [-0.1, -0.05) is 18.2 Å². The largest absolute Gasteiger partial charge is 0.357 e. The predicted molar refractivity (Wildman–Crippen MR) is 103 cm³/mol. The number of pyridine rings is 1. The molecule has 0 saturated carbocycles. The molecule has 1 atom stereocenters. The van der Waals surface area contributed by atoms with Gasteiger partial charge in [-0.3, -0.25) is 14.7 Å². The van der Waals surface area contributed by atoms with Crippen molar-refractivity contribution in [3.8, 4) is 0 Å². The molecule has 2 N–H and O–H groups in total. The van der Waals surface area contributed by atoms with Crippen LogP contribution in [0.3, 0.4) is 0 Å². The number of nitrogens with one attached hydrogen (secondary N) is 2. The Morgan fingerprint density at radius 1 is 1.35 bits per heavy atom. The van der Waals surface area contributed by atoms with Gasteiger partial charge in [-0.05, 0) is 55.0 Å². The topological polar surface area (TPSA) is 61.0 Å². The van der Waals surface area contributed by atoms with Crippen molar-refractivity contribution in [2.45, 2.75) is 19.9 Å². The van der Waals surface area contributed by atoms with Crippen molar-refractivity contribution in [3.05, 3.63) is 65.6 Å². The molecule has 1 aliphatic heterocycles. The van der Waals surface area contributed by atoms with Gasteiger partial charge in [-0.15, -0.1) is 0 Å². The number of aryl methyl sites for hydroxylation is 1. The summed E-state index contributed by atoms with van der Waals surface area (Å²) < 4.78 is 0. The molecule has 0 radical (unpaired) electrons. The molecule has 0 bridgehead atoms. The molecule has 1 aliphatic rings. The number of amides is 1. The van der Waals surface area contributed by atoms with E-state index in [-0.39, 0.29) is 5.91 Å². The number of aromatic amines is 1. The van der Waals surface area contributed by atoms with Gasteiger partial charge in [-0.2, -0.15) is 0 Å². The van der Waals surface area contributed by atoms with E-state index in [1.165, 1.54) is 16.6 Å². The van der Waals surface area contributed by atoms with Crippen molar-refractivity contribution in [1.29, 1.82) is 0 Å². The fourth-order valence-electron chi connectivity index (χ4n) is 3.74. The van der Waals surface area contributed by atoms with E-state index in [0.29, 0.717) is 11.5 Å². The number of benzene rings is 1. The van der Waals surface area contributed by atoms with Crippen molar-refractivity contribution in [2.24, 2.45) is 5.92 Å². The Labute approximate surface area is 153 Å². The number of carbonyl (C=O) groups excluding carboxylic acids is 1. The molecule has 0 spiro atoms. The Morgan fingerprint density at radius 2 is 2.23 bits per heavy atom. The lowest BCUT2D eigenvalue weighted by Gasteiger charge is -2.15. The van der Waals surface area contributed by atoms with Crippen molar-refractivity contribution < 1.29 is 4.79 Å². The molecule has 1 fully saturated rings. The minimum absolute atomic E-state index is 0.000956. The van der Waals surface area contributed by atoms with E-state index < -0.39 is 0 Å². The van der Waals surface area contributed by atoms with Crippen LogP contribution in [0.1, 0.15) is 28.0 Å². The third-order valence-corrected chi connectivity index (χ3v) is 5.17. The number of fused-ring (bicyclic) bond motifs is 1. The van der Waals surface area contributed by atoms with E-state index in [0.717, 1.165) is 38.2 Å². The zero-order valence-electron chi connectivity index (χ0n) is 15.0. The summed E-state index contributed by atoms with van der Waals surface area (Å²) >= 11 is 0. The fourth-order valence-corrected chi connectivity index (χ4v) is 3.74. The van der Waals surface area contributed by atoms with Crippen LogP contribution in [-0.4, -0.2) is 40.4 Å². The summed E-state index contributed by atoms with van der Waals surface area (Å²) in [6, 6.07) is 12.4. The van der Waals surface area contributed by atoms with E-state index in [1.54, 1.807) is 18.5 Å². The van der Waals surface area contributed by atoms with Crippen LogP contribution in [0.25, 0.3) is 10.9 Å². The molecule has 134 valence electrons. The maximum absolute atomic E-state index is 12.3. The van der Waals surface area contributed by atoms with Gasteiger partial charge in [0.1, 0.15) is 0 Å². The molecule has 3 aromatic rings. The summed E-state index contributed by atoms with van der Waals surface area (Å²) in [6.07, 6.45) is 4.52. The second-order valence-corrected chi connectivity index (χ2v) is 7.17. The van der Waals surface area contributed by atoms with Crippen molar-refractivity contribution in [1.82, 2.24) is 20.2 Å². The second-order valence-electron chi connectivity index (χ2n) is 7.17. The number of carbonyl (C=O) groups is 1. The summed E-state index contributed by atoms with van der Waals surface area (Å²) in [6.45, 7) is 5.67. The van der Waals surface area contributed by atoms with Crippen LogP contribution in [0.5, 0.6) is 0 Å². The molecule has 1 amide bonds. The average Bonchev–Trinajstić information content (AvgIpc) is 3.26. The lowest BCUT2D eigenvalue weighted by atomic mass is 10.1. The van der Waals surface area contributed by atoms with E-state index in [2.05, 4.69) is 50.5 Å². The van der Waals surface area contributed by atoms with Crippen molar-refractivity contribution >= 4 is 16.8 Å². The van der Waals surface area contributed by atoms with Crippen LogP contribution < -0.4 is 5.32 Å². The number of para-hydroxylation sites is 1. The van der Waals surface area contributed by atoms with Gasteiger partial charge in [0.05, 0.1) is 0 Å². The fraction of sp³-hybridized carbons (Fsp3) is 0.333. The predicted octanol–water partition coefficient (Wildman–Crippen LogP) is 3.12. The van der Waals surface area contributed by atoms with Gasteiger partial charge in [0, 0.05) is 48.8 Å². The lowest BCUT2D eigenvalue weighted by Crippen LogP contribution is -2.31. The minimum atomic E-state index is -0.000956. The first-order valence-electron chi connectivity index (χ1n) is 9.17. The number of aromatic nitrogens is 2. The standard InChI is InChI=1S/C21H24N4O/c1-15-11-22-8-6-19(15)21(26)23-12-16-7-9-25(13-16)14-18-10-17-4-2-3-5-20(17)24-18/h2-6,8,10-11,16,24H,7,9,12-14H2,1H3,(H,23,26)/t16-/m0/s1. The van der Waals surface area contributed by atoms with Gasteiger partial charge in [0.2, 0.25) is 0 Å². The Hall–Kier alpha value is -2.66. The Kier molecular flexibility index (Phi) is 4.71. The monoisotopic (exact) mass is 348 g/mol. The molecule has 0 aliphatic carbocycles. The van der Waals surface area contributed by atoms with Crippen LogP contribution in [0.15, 0.2) is 48.8 Å². The summed E-state index contributed by atoms with van der Waals surface area (Å²) in [4.78, 5) is 22.3. The Balaban J connectivity index is 1.30. The molecular weight excluding hydrogens is 324 g/mol. The molecule has 1 saturated heterocycles. The van der Waals surface area contributed by atoms with Crippen LogP contribution in [0, 0.1) is 12.8 Å². The van der Waals surface area contributed by atoms with Crippen LogP contribution >= 0.6 is 0 Å². The van der Waals surface area contributed by atoms with Gasteiger partial charge >= 0.3 is 0 Å². The van der Waals surface area contributed by atoms with Crippen LogP contribution in [0.4, 0.5) is 0 Å². The quantitative estimate of drug-likeness (QED) is 0.745. The normalized spacial score (nSPS) is 17.7. The third-order valence-electron chi connectivity index (χ3n) is 5.17. The molecule has 5 nitrogen and oxygen atoms in total. The number of likely N-dealkylation sites (tertiary alicyclic amines) is 1. The third kappa shape index (κ3) is 3.63. The number of nitrogens with zero attached hydrogens (tertiary/aromatic N) is 2. The molecule has 3 heterocycles. The van der Waals surface area contributed by atoms with E-state index in [4.69, 9.17) is 0 Å². The SMILES string of the molecule is Cc1cnccc1C(=O)NC[C@@H]1CCN(Cc2cc3ccccc3[nH]2)C1. The average molecular weight is 348 g/mol. The number of hydrogen-bond donors (Lipinski definition) is 2. The van der Waals surface area contributed by atoms with Gasteiger partial charge < -0.3 is 10.3 Å². The minimum Gasteiger partial charge on any atom is -0.357 e. The highest BCUT2D eigenvalue weighted by Crippen LogP contribution is 2.21. The zero-order valence-corrected chi connectivity index (χ0v) is 15.0. The zero-order chi connectivity index (χ0) is 17.9. The highest BCUT2D eigenvalue weighted by atomic mass is 16.1. The molecule has 1 aromatic carbocycles. The van der Waals surface area contributed by atoms with Gasteiger partial charge in [-0.25, -0.2) is 0 Å². The summed E-state index contributed by atoms with van der Waals surface area (Å²) in [5.74, 6) is 0.504. The molecule has 4 rings (SSSR count). The molecule has 0 unspecified atom stereocenters. The number of H-pyrrole nitrogens is 1. The maximum atomic E-state index is 12.3. The van der Waals surface area contributed by atoms with Crippen LogP contribution in [-0.2, 0) is 6.54 Å². The molecule has 2 aromatic heterocycles. The van der Waals surface area contributed by atoms with Crippen LogP contribution in [0.2, 0.25) is 0 Å². The van der Waals surface area contributed by atoms with E-state index in [9.17, 15) is 4.79 Å². The maximum Gasteiger partial charge on any atom is 0.251 e. The molecule has 5 heteroatoms.